The van der Waals surface area contributed by atoms with Gasteiger partial charge in [0.05, 0.1) is 0 Å². The number of hydrogen-bond donors (Lipinski definition) is 0. The fraction of sp³-hybridized carbons (Fsp3) is 0.909. The van der Waals surface area contributed by atoms with Crippen molar-refractivity contribution in [3.63, 3.8) is 0 Å². The molecule has 0 amide bonds. The molecule has 0 N–H and O–H groups in total. The minimum absolute atomic E-state index is 0.858. The van der Waals surface area contributed by atoms with Crippen LogP contribution in [0.2, 0.25) is 19.1 Å². The summed E-state index contributed by atoms with van der Waals surface area (Å²) >= 11 is 0. The van der Waals surface area contributed by atoms with E-state index in [4.69, 9.17) is 4.43 Å². The first-order valence-corrected chi connectivity index (χ1v) is 8.77. The van der Waals surface area contributed by atoms with Crippen LogP contribution in [0.25, 0.3) is 0 Å². The summed E-state index contributed by atoms with van der Waals surface area (Å²) in [6, 6.07) is 1.22. The Bertz CT molecular complexity index is 178. The third kappa shape index (κ3) is 7.27. The summed E-state index contributed by atoms with van der Waals surface area (Å²) in [5.41, 5.74) is 1.26. The Morgan fingerprint density at radius 3 is 2.43 bits per heavy atom. The number of hydrogen-bond acceptors (Lipinski definition) is 2. The molecule has 14 heavy (non-hydrogen) atoms. The van der Waals surface area contributed by atoms with E-state index in [-0.39, 0.29) is 0 Å². The molecule has 0 bridgehead atoms. The molecule has 0 aromatic carbocycles. The monoisotopic (exact) mass is 215 g/mol. The van der Waals surface area contributed by atoms with E-state index in [1.165, 1.54) is 18.2 Å². The highest BCUT2D eigenvalue weighted by Crippen LogP contribution is 2.13. The van der Waals surface area contributed by atoms with Crippen LogP contribution in [0.5, 0.6) is 0 Å². The Morgan fingerprint density at radius 2 is 1.93 bits per heavy atom. The summed E-state index contributed by atoms with van der Waals surface area (Å²) in [6.45, 7) is 12.7. The van der Waals surface area contributed by atoms with Crippen LogP contribution in [0.3, 0.4) is 0 Å². The molecule has 0 spiro atoms. The van der Waals surface area contributed by atoms with Crippen molar-refractivity contribution in [2.24, 2.45) is 4.99 Å². The van der Waals surface area contributed by atoms with E-state index in [0.717, 1.165) is 19.6 Å². The first-order chi connectivity index (χ1) is 6.52. The molecule has 0 aromatic heterocycles. The molecule has 0 saturated heterocycles. The molecule has 0 atom stereocenters. The Morgan fingerprint density at radius 1 is 1.29 bits per heavy atom. The summed E-state index contributed by atoms with van der Waals surface area (Å²) in [5.74, 6) is 0. The third-order valence-corrected chi connectivity index (χ3v) is 4.99. The van der Waals surface area contributed by atoms with Crippen LogP contribution in [0.15, 0.2) is 4.99 Å². The highest BCUT2D eigenvalue weighted by Gasteiger charge is 2.20. The van der Waals surface area contributed by atoms with Crippen LogP contribution in [0.4, 0.5) is 0 Å². The zero-order valence-corrected chi connectivity index (χ0v) is 11.4. The second-order valence-electron chi connectivity index (χ2n) is 4.27. The van der Waals surface area contributed by atoms with Gasteiger partial charge in [0.15, 0.2) is 8.32 Å². The maximum atomic E-state index is 5.75. The van der Waals surface area contributed by atoms with Crippen LogP contribution in [-0.4, -0.2) is 27.2 Å². The molecule has 0 aliphatic carbocycles. The van der Waals surface area contributed by atoms with Crippen molar-refractivity contribution < 1.29 is 4.43 Å². The van der Waals surface area contributed by atoms with E-state index in [1.54, 1.807) is 0 Å². The van der Waals surface area contributed by atoms with Crippen molar-refractivity contribution in [1.29, 1.82) is 0 Å². The summed E-state index contributed by atoms with van der Waals surface area (Å²) in [6.07, 6.45) is 2.25. The zero-order chi connectivity index (χ0) is 11.0. The van der Waals surface area contributed by atoms with Gasteiger partial charge in [-0.2, -0.15) is 0 Å². The molecule has 0 aliphatic heterocycles. The molecular formula is C11H25NOSi. The molecular weight excluding hydrogens is 190 g/mol. The topological polar surface area (TPSA) is 21.6 Å². The average Bonchev–Trinajstić information content (AvgIpc) is 2.12. The molecule has 2 nitrogen and oxygen atoms in total. The predicted octanol–water partition coefficient (Wildman–Crippen LogP) is 3.49. The van der Waals surface area contributed by atoms with E-state index in [1.807, 2.05) is 0 Å². The minimum Gasteiger partial charge on any atom is -0.418 e. The molecule has 0 unspecified atom stereocenters. The van der Waals surface area contributed by atoms with Crippen molar-refractivity contribution in [3.8, 4) is 0 Å². The molecule has 0 aliphatic rings. The van der Waals surface area contributed by atoms with Gasteiger partial charge in [0.1, 0.15) is 0 Å². The number of rotatable bonds is 7. The first kappa shape index (κ1) is 13.8. The highest BCUT2D eigenvalue weighted by atomic mass is 28.4. The first-order valence-electron chi connectivity index (χ1n) is 5.65. The minimum atomic E-state index is -1.35. The molecule has 0 rings (SSSR count). The predicted molar refractivity (Wildman–Crippen MR) is 66.8 cm³/mol. The quantitative estimate of drug-likeness (QED) is 0.362. The van der Waals surface area contributed by atoms with Crippen LogP contribution >= 0.6 is 0 Å². The van der Waals surface area contributed by atoms with E-state index in [2.05, 4.69) is 38.9 Å². The van der Waals surface area contributed by atoms with Crippen molar-refractivity contribution in [2.45, 2.75) is 52.8 Å². The van der Waals surface area contributed by atoms with E-state index < -0.39 is 8.32 Å². The van der Waals surface area contributed by atoms with Crippen LogP contribution in [0, 0.1) is 0 Å². The fourth-order valence-corrected chi connectivity index (χ4v) is 3.28. The maximum Gasteiger partial charge on any atom is 0.186 e. The third-order valence-electron chi connectivity index (χ3n) is 2.37. The summed E-state index contributed by atoms with van der Waals surface area (Å²) < 4.78 is 5.75. The van der Waals surface area contributed by atoms with Crippen molar-refractivity contribution in [3.05, 3.63) is 0 Å². The van der Waals surface area contributed by atoms with Crippen molar-refractivity contribution in [2.75, 3.05) is 13.2 Å². The van der Waals surface area contributed by atoms with Gasteiger partial charge in [-0.15, -0.1) is 0 Å². The smallest absolute Gasteiger partial charge is 0.186 e. The van der Waals surface area contributed by atoms with Gasteiger partial charge in [0.25, 0.3) is 0 Å². The number of aliphatic imine (C=N–C) groups is 1. The lowest BCUT2D eigenvalue weighted by molar-refractivity contribution is 0.328. The van der Waals surface area contributed by atoms with Crippen LogP contribution in [0.1, 0.15) is 33.6 Å². The van der Waals surface area contributed by atoms with Gasteiger partial charge in [-0.1, -0.05) is 6.92 Å². The molecule has 0 heterocycles. The van der Waals surface area contributed by atoms with E-state index in [0.29, 0.717) is 0 Å². The standard InChI is InChI=1S/C11H25NOSi/c1-6-11(3)12-9-8-10-14(4,5)13-7-2/h6-10H2,1-5H3. The summed E-state index contributed by atoms with van der Waals surface area (Å²) in [4.78, 5) is 4.49. The second-order valence-corrected chi connectivity index (χ2v) is 8.57. The Labute approximate surface area is 89.9 Å². The van der Waals surface area contributed by atoms with Gasteiger partial charge < -0.3 is 4.43 Å². The lowest BCUT2D eigenvalue weighted by Gasteiger charge is -2.21. The largest absolute Gasteiger partial charge is 0.418 e. The number of nitrogens with zero attached hydrogens (tertiary/aromatic N) is 1. The highest BCUT2D eigenvalue weighted by molar-refractivity contribution is 6.71. The Kier molecular flexibility index (Phi) is 7.10. The summed E-state index contributed by atoms with van der Waals surface area (Å²) in [7, 11) is -1.35. The van der Waals surface area contributed by atoms with Crippen molar-refractivity contribution >= 4 is 14.0 Å². The van der Waals surface area contributed by atoms with Crippen molar-refractivity contribution in [1.82, 2.24) is 0 Å². The van der Waals surface area contributed by atoms with Gasteiger partial charge in [0.2, 0.25) is 0 Å². The Hall–Kier alpha value is -0.153. The second kappa shape index (κ2) is 7.18. The van der Waals surface area contributed by atoms with Crippen LogP contribution in [-0.2, 0) is 4.43 Å². The lowest BCUT2D eigenvalue weighted by Crippen LogP contribution is -2.30. The molecule has 0 saturated carbocycles. The van der Waals surface area contributed by atoms with Gasteiger partial charge in [0, 0.05) is 18.9 Å². The van der Waals surface area contributed by atoms with Gasteiger partial charge in [-0.05, 0) is 45.8 Å². The zero-order valence-electron chi connectivity index (χ0n) is 10.4. The molecule has 3 heteroatoms. The molecule has 0 aromatic rings. The normalized spacial score (nSPS) is 13.4. The van der Waals surface area contributed by atoms with Gasteiger partial charge in [-0.25, -0.2) is 0 Å². The van der Waals surface area contributed by atoms with Crippen LogP contribution < -0.4 is 0 Å². The van der Waals surface area contributed by atoms with Gasteiger partial charge >= 0.3 is 0 Å². The fourth-order valence-electron chi connectivity index (χ4n) is 1.35. The molecule has 0 radical (unpaired) electrons. The summed E-state index contributed by atoms with van der Waals surface area (Å²) in [5, 5.41) is 0. The Balaban J connectivity index is 3.63. The average molecular weight is 215 g/mol. The van der Waals surface area contributed by atoms with Gasteiger partial charge in [-0.3, -0.25) is 4.99 Å². The molecule has 0 fully saturated rings. The molecule has 84 valence electrons. The maximum absolute atomic E-state index is 5.75. The SMILES string of the molecule is CCO[Si](C)(C)CCCN=C(C)CC. The van der Waals surface area contributed by atoms with E-state index in [9.17, 15) is 0 Å². The lowest BCUT2D eigenvalue weighted by atomic mass is 10.3. The van der Waals surface area contributed by atoms with E-state index >= 15 is 0 Å².